The van der Waals surface area contributed by atoms with Gasteiger partial charge in [-0.2, -0.15) is 11.8 Å². The molecule has 0 unspecified atom stereocenters. The van der Waals surface area contributed by atoms with E-state index in [1.165, 1.54) is 0 Å². The maximum absolute atomic E-state index is 8.98. The van der Waals surface area contributed by atoms with Gasteiger partial charge in [-0.15, -0.1) is 6.58 Å². The third-order valence-electron chi connectivity index (χ3n) is 1.69. The van der Waals surface area contributed by atoms with E-state index in [9.17, 15) is 0 Å². The highest BCUT2D eigenvalue weighted by atomic mass is 32.2. The lowest BCUT2D eigenvalue weighted by Gasteiger charge is -2.21. The number of aliphatic hydroxyl groups excluding tert-OH is 1. The summed E-state index contributed by atoms with van der Waals surface area (Å²) in [4.78, 5) is 0. The minimum atomic E-state index is 0.00308. The van der Waals surface area contributed by atoms with Crippen LogP contribution in [0.1, 0.15) is 13.8 Å². The molecule has 0 spiro atoms. The Hall–Kier alpha value is 0.01000. The van der Waals surface area contributed by atoms with Crippen molar-refractivity contribution in [3.8, 4) is 0 Å². The molecule has 2 N–H and O–H groups in total. The van der Waals surface area contributed by atoms with E-state index in [1.807, 2.05) is 17.8 Å². The van der Waals surface area contributed by atoms with Crippen molar-refractivity contribution in [2.75, 3.05) is 31.2 Å². The van der Waals surface area contributed by atoms with Gasteiger partial charge in [-0.05, 0) is 0 Å². The molecule has 0 aromatic carbocycles. The molecule has 2 nitrogen and oxygen atoms in total. The van der Waals surface area contributed by atoms with Gasteiger partial charge in [-0.25, -0.2) is 0 Å². The Kier molecular flexibility index (Phi) is 7.42. The summed E-state index contributed by atoms with van der Waals surface area (Å²) in [6.07, 6.45) is 1.92. The van der Waals surface area contributed by atoms with Crippen molar-refractivity contribution in [2.24, 2.45) is 5.41 Å². The second-order valence-electron chi connectivity index (χ2n) is 3.86. The maximum atomic E-state index is 8.98. The molecular formula is C10H21NOS. The van der Waals surface area contributed by atoms with E-state index < -0.39 is 0 Å². The van der Waals surface area contributed by atoms with Crippen LogP contribution in [0.3, 0.4) is 0 Å². The molecule has 13 heavy (non-hydrogen) atoms. The first kappa shape index (κ1) is 13.0. The lowest BCUT2D eigenvalue weighted by molar-refractivity contribution is 0.158. The first-order valence-electron chi connectivity index (χ1n) is 4.62. The predicted octanol–water partition coefficient (Wildman–Crippen LogP) is 1.51. The van der Waals surface area contributed by atoms with Crippen molar-refractivity contribution in [2.45, 2.75) is 13.8 Å². The minimum Gasteiger partial charge on any atom is -0.396 e. The van der Waals surface area contributed by atoms with Crippen LogP contribution in [0.2, 0.25) is 0 Å². The Labute approximate surface area is 85.8 Å². The molecule has 0 aromatic rings. The number of hydrogen-bond donors (Lipinski definition) is 2. The van der Waals surface area contributed by atoms with Gasteiger partial charge in [0.2, 0.25) is 0 Å². The number of thioether (sulfide) groups is 1. The summed E-state index contributed by atoms with van der Waals surface area (Å²) in [6, 6.07) is 0. The number of nitrogens with one attached hydrogen (secondary N) is 1. The van der Waals surface area contributed by atoms with Gasteiger partial charge in [0.25, 0.3) is 0 Å². The summed E-state index contributed by atoms with van der Waals surface area (Å²) < 4.78 is 0. The topological polar surface area (TPSA) is 32.3 Å². The Balaban J connectivity index is 3.20. The monoisotopic (exact) mass is 203 g/mol. The van der Waals surface area contributed by atoms with Crippen molar-refractivity contribution in [3.63, 3.8) is 0 Å². The second kappa shape index (κ2) is 7.42. The van der Waals surface area contributed by atoms with Crippen LogP contribution >= 0.6 is 11.8 Å². The molecule has 0 saturated heterocycles. The first-order valence-corrected chi connectivity index (χ1v) is 5.78. The highest BCUT2D eigenvalue weighted by Gasteiger charge is 2.14. The fourth-order valence-corrected chi connectivity index (χ4v) is 1.42. The van der Waals surface area contributed by atoms with Gasteiger partial charge in [-0.3, -0.25) is 0 Å². The molecule has 0 heterocycles. The maximum Gasteiger partial charge on any atom is 0.0494 e. The van der Waals surface area contributed by atoms with Crippen LogP contribution < -0.4 is 5.32 Å². The molecule has 78 valence electrons. The lowest BCUT2D eigenvalue weighted by Crippen LogP contribution is -2.33. The van der Waals surface area contributed by atoms with E-state index in [4.69, 9.17) is 5.11 Å². The van der Waals surface area contributed by atoms with Gasteiger partial charge in [0.1, 0.15) is 0 Å². The highest BCUT2D eigenvalue weighted by Crippen LogP contribution is 2.10. The van der Waals surface area contributed by atoms with E-state index in [0.29, 0.717) is 0 Å². The molecule has 0 atom stereocenters. The van der Waals surface area contributed by atoms with Gasteiger partial charge in [0.15, 0.2) is 0 Å². The number of hydrogen-bond acceptors (Lipinski definition) is 3. The lowest BCUT2D eigenvalue weighted by atomic mass is 9.95. The zero-order chi connectivity index (χ0) is 10.2. The average molecular weight is 203 g/mol. The Morgan fingerprint density at radius 3 is 2.77 bits per heavy atom. The quantitative estimate of drug-likeness (QED) is 0.463. The largest absolute Gasteiger partial charge is 0.396 e. The van der Waals surface area contributed by atoms with Crippen molar-refractivity contribution in [3.05, 3.63) is 12.7 Å². The summed E-state index contributed by atoms with van der Waals surface area (Å²) >= 11 is 1.87. The van der Waals surface area contributed by atoms with Crippen LogP contribution in [0, 0.1) is 5.41 Å². The standard InChI is InChI=1S/C10H21NOS/c1-4-6-13-7-5-11-8-10(2,3)9-12/h4,11-12H,1,5-9H2,2-3H3. The molecule has 0 amide bonds. The van der Waals surface area contributed by atoms with Crippen LogP contribution in [0.25, 0.3) is 0 Å². The molecule has 0 fully saturated rings. The van der Waals surface area contributed by atoms with Crippen molar-refractivity contribution < 1.29 is 5.11 Å². The van der Waals surface area contributed by atoms with E-state index >= 15 is 0 Å². The van der Waals surface area contributed by atoms with E-state index in [1.54, 1.807) is 0 Å². The van der Waals surface area contributed by atoms with Gasteiger partial charge < -0.3 is 10.4 Å². The van der Waals surface area contributed by atoms with Gasteiger partial charge >= 0.3 is 0 Å². The Morgan fingerprint density at radius 2 is 2.23 bits per heavy atom. The third-order valence-corrected chi connectivity index (χ3v) is 2.65. The highest BCUT2D eigenvalue weighted by molar-refractivity contribution is 7.99. The van der Waals surface area contributed by atoms with Gasteiger partial charge in [0.05, 0.1) is 0 Å². The molecular weight excluding hydrogens is 182 g/mol. The Bertz CT molecular complexity index is 137. The van der Waals surface area contributed by atoms with Crippen LogP contribution in [0.5, 0.6) is 0 Å². The van der Waals surface area contributed by atoms with Crippen molar-refractivity contribution in [1.29, 1.82) is 0 Å². The second-order valence-corrected chi connectivity index (χ2v) is 5.01. The van der Waals surface area contributed by atoms with Crippen LogP contribution in [-0.2, 0) is 0 Å². The van der Waals surface area contributed by atoms with Crippen LogP contribution in [-0.4, -0.2) is 36.3 Å². The zero-order valence-corrected chi connectivity index (χ0v) is 9.49. The normalized spacial score (nSPS) is 11.6. The van der Waals surface area contributed by atoms with Crippen LogP contribution in [0.4, 0.5) is 0 Å². The molecule has 0 aliphatic carbocycles. The number of rotatable bonds is 8. The van der Waals surface area contributed by atoms with Gasteiger partial charge in [-0.1, -0.05) is 19.9 Å². The fraction of sp³-hybridized carbons (Fsp3) is 0.800. The molecule has 0 aliphatic rings. The van der Waals surface area contributed by atoms with E-state index in [0.717, 1.165) is 24.6 Å². The van der Waals surface area contributed by atoms with Crippen molar-refractivity contribution >= 4 is 11.8 Å². The first-order chi connectivity index (χ1) is 6.12. The fourth-order valence-electron chi connectivity index (χ4n) is 0.794. The molecule has 0 radical (unpaired) electrons. The van der Waals surface area contributed by atoms with E-state index in [-0.39, 0.29) is 12.0 Å². The molecule has 3 heteroatoms. The van der Waals surface area contributed by atoms with Gasteiger partial charge in [0, 0.05) is 36.6 Å². The minimum absolute atomic E-state index is 0.00308. The molecule has 0 rings (SSSR count). The summed E-state index contributed by atoms with van der Waals surface area (Å²) in [5.74, 6) is 2.12. The van der Waals surface area contributed by atoms with Crippen LogP contribution in [0.15, 0.2) is 12.7 Å². The third kappa shape index (κ3) is 8.34. The van der Waals surface area contributed by atoms with Crippen molar-refractivity contribution in [1.82, 2.24) is 5.32 Å². The number of aliphatic hydroxyl groups is 1. The average Bonchev–Trinajstić information content (AvgIpc) is 2.11. The summed E-state index contributed by atoms with van der Waals surface area (Å²) in [6.45, 7) is 9.87. The predicted molar refractivity (Wildman–Crippen MR) is 61.3 cm³/mol. The zero-order valence-electron chi connectivity index (χ0n) is 8.68. The summed E-state index contributed by atoms with van der Waals surface area (Å²) in [7, 11) is 0. The Morgan fingerprint density at radius 1 is 1.54 bits per heavy atom. The SMILES string of the molecule is C=CCSCCNCC(C)(C)CO. The molecule has 0 aliphatic heterocycles. The molecule has 0 bridgehead atoms. The molecule has 0 saturated carbocycles. The summed E-state index contributed by atoms with van der Waals surface area (Å²) in [5.41, 5.74) is 0.00308. The van der Waals surface area contributed by atoms with E-state index in [2.05, 4.69) is 25.7 Å². The molecule has 0 aromatic heterocycles. The smallest absolute Gasteiger partial charge is 0.0494 e. The summed E-state index contributed by atoms with van der Waals surface area (Å²) in [5, 5.41) is 12.3.